The van der Waals surface area contributed by atoms with Crippen LogP contribution in [0.4, 0.5) is 5.95 Å². The highest BCUT2D eigenvalue weighted by Crippen LogP contribution is 2.20. The molecular formula is C9H6N6O3. The van der Waals surface area contributed by atoms with Gasteiger partial charge in [-0.15, -0.1) is 5.10 Å². The normalized spacial score (nSPS) is 10.4. The highest BCUT2D eigenvalue weighted by atomic mass is 16.5. The first-order valence-corrected chi connectivity index (χ1v) is 4.88. The molecule has 0 aromatic carbocycles. The topological polar surface area (TPSA) is 123 Å². The van der Waals surface area contributed by atoms with Crippen molar-refractivity contribution in [2.45, 2.75) is 0 Å². The summed E-state index contributed by atoms with van der Waals surface area (Å²) >= 11 is 0. The van der Waals surface area contributed by atoms with Gasteiger partial charge in [-0.2, -0.15) is 5.21 Å². The summed E-state index contributed by atoms with van der Waals surface area (Å²) in [5.74, 6) is 0.403. The molecule has 1 amide bonds. The maximum absolute atomic E-state index is 11.7. The lowest BCUT2D eigenvalue weighted by atomic mass is 10.3. The number of aromatic nitrogens is 5. The van der Waals surface area contributed by atoms with Crippen LogP contribution in [0.15, 0.2) is 33.4 Å². The molecule has 0 aliphatic rings. The van der Waals surface area contributed by atoms with Gasteiger partial charge in [-0.25, -0.2) is 0 Å². The molecule has 0 fully saturated rings. The summed E-state index contributed by atoms with van der Waals surface area (Å²) in [4.78, 5) is 11.7. The zero-order valence-corrected chi connectivity index (χ0v) is 8.82. The van der Waals surface area contributed by atoms with Crippen molar-refractivity contribution in [3.05, 3.63) is 30.2 Å². The van der Waals surface area contributed by atoms with Gasteiger partial charge < -0.3 is 8.94 Å². The van der Waals surface area contributed by atoms with Gasteiger partial charge >= 0.3 is 0 Å². The predicted octanol–water partition coefficient (Wildman–Crippen LogP) is 0.700. The van der Waals surface area contributed by atoms with Crippen LogP contribution >= 0.6 is 0 Å². The Morgan fingerprint density at radius 3 is 3.06 bits per heavy atom. The van der Waals surface area contributed by atoms with E-state index in [4.69, 9.17) is 8.94 Å². The molecule has 0 radical (unpaired) electrons. The second kappa shape index (κ2) is 4.13. The third-order valence-corrected chi connectivity index (χ3v) is 2.08. The standard InChI is InChI=1S/C9H6N6O3/c16-8(10-9-11-14-15-12-9)5-4-7(18-13-5)6-2-1-3-17-6/h1-4H,(H2,10,11,12,14,15,16). The van der Waals surface area contributed by atoms with E-state index in [0.29, 0.717) is 11.5 Å². The van der Waals surface area contributed by atoms with Crippen LogP contribution in [-0.2, 0) is 0 Å². The van der Waals surface area contributed by atoms with Gasteiger partial charge in [0.25, 0.3) is 11.9 Å². The van der Waals surface area contributed by atoms with E-state index in [1.54, 1.807) is 12.1 Å². The van der Waals surface area contributed by atoms with E-state index in [9.17, 15) is 4.79 Å². The lowest BCUT2D eigenvalue weighted by Gasteiger charge is -1.93. The van der Waals surface area contributed by atoms with Gasteiger partial charge in [-0.3, -0.25) is 10.1 Å². The van der Waals surface area contributed by atoms with Gasteiger partial charge in [-0.1, -0.05) is 10.3 Å². The Hall–Kier alpha value is -2.97. The van der Waals surface area contributed by atoms with Gasteiger partial charge in [0, 0.05) is 6.07 Å². The quantitative estimate of drug-likeness (QED) is 0.697. The number of amides is 1. The predicted molar refractivity (Wildman–Crippen MR) is 56.3 cm³/mol. The van der Waals surface area contributed by atoms with Gasteiger partial charge in [0.15, 0.2) is 11.5 Å². The van der Waals surface area contributed by atoms with Crippen LogP contribution in [0.25, 0.3) is 11.5 Å². The Kier molecular flexibility index (Phi) is 2.34. The molecule has 2 N–H and O–H groups in total. The number of carbonyl (C=O) groups is 1. The third-order valence-electron chi connectivity index (χ3n) is 2.08. The van der Waals surface area contributed by atoms with E-state index in [-0.39, 0.29) is 11.6 Å². The molecule has 3 aromatic heterocycles. The molecular weight excluding hydrogens is 240 g/mol. The zero-order chi connectivity index (χ0) is 12.4. The van der Waals surface area contributed by atoms with Gasteiger partial charge in [0.05, 0.1) is 6.26 Å². The largest absolute Gasteiger partial charge is 0.461 e. The third kappa shape index (κ3) is 1.84. The summed E-state index contributed by atoms with van der Waals surface area (Å²) in [5.41, 5.74) is 0.0891. The number of anilines is 1. The maximum atomic E-state index is 11.7. The van der Waals surface area contributed by atoms with Gasteiger partial charge in [0.2, 0.25) is 5.76 Å². The average molecular weight is 246 g/mol. The minimum absolute atomic E-state index is 0.0579. The first-order chi connectivity index (χ1) is 8.83. The molecule has 0 unspecified atom stereocenters. The van der Waals surface area contributed by atoms with Gasteiger partial charge in [-0.05, 0) is 17.3 Å². The minimum Gasteiger partial charge on any atom is -0.461 e. The molecule has 0 saturated carbocycles. The Morgan fingerprint density at radius 2 is 2.33 bits per heavy atom. The number of furan rings is 1. The Bertz CT molecular complexity index is 642. The van der Waals surface area contributed by atoms with Crippen LogP contribution in [0.3, 0.4) is 0 Å². The summed E-state index contributed by atoms with van der Waals surface area (Å²) in [5, 5.41) is 18.7. The average Bonchev–Trinajstić information content (AvgIpc) is 3.11. The molecule has 9 heteroatoms. The monoisotopic (exact) mass is 246 g/mol. The number of nitrogens with zero attached hydrogens (tertiary/aromatic N) is 4. The van der Waals surface area contributed by atoms with Crippen LogP contribution in [0.5, 0.6) is 0 Å². The lowest BCUT2D eigenvalue weighted by Crippen LogP contribution is -2.13. The highest BCUT2D eigenvalue weighted by Gasteiger charge is 2.16. The molecule has 0 spiro atoms. The van der Waals surface area contributed by atoms with Crippen LogP contribution in [0, 0.1) is 0 Å². The van der Waals surface area contributed by atoms with E-state index < -0.39 is 5.91 Å². The molecule has 3 heterocycles. The summed E-state index contributed by atoms with van der Waals surface area (Å²) in [7, 11) is 0. The fourth-order valence-electron chi connectivity index (χ4n) is 1.30. The van der Waals surface area contributed by atoms with Crippen molar-refractivity contribution < 1.29 is 13.7 Å². The number of rotatable bonds is 3. The second-order valence-corrected chi connectivity index (χ2v) is 3.24. The molecule has 0 atom stereocenters. The van der Waals surface area contributed by atoms with Crippen molar-refractivity contribution >= 4 is 11.9 Å². The summed E-state index contributed by atoms with van der Waals surface area (Å²) in [6, 6.07) is 4.85. The second-order valence-electron chi connectivity index (χ2n) is 3.24. The molecule has 3 rings (SSSR count). The Morgan fingerprint density at radius 1 is 1.39 bits per heavy atom. The Balaban J connectivity index is 1.79. The van der Waals surface area contributed by atoms with Crippen molar-refractivity contribution in [3.8, 4) is 11.5 Å². The first kappa shape index (κ1) is 10.2. The molecule has 0 saturated heterocycles. The highest BCUT2D eigenvalue weighted by molar-refractivity contribution is 6.02. The molecule has 0 bridgehead atoms. The number of carbonyl (C=O) groups excluding carboxylic acids is 1. The fourth-order valence-corrected chi connectivity index (χ4v) is 1.30. The van der Waals surface area contributed by atoms with Crippen LogP contribution in [0.2, 0.25) is 0 Å². The first-order valence-electron chi connectivity index (χ1n) is 4.88. The number of aromatic amines is 1. The lowest BCUT2D eigenvalue weighted by molar-refractivity contribution is 0.101. The minimum atomic E-state index is -0.502. The van der Waals surface area contributed by atoms with Crippen molar-refractivity contribution in [1.29, 1.82) is 0 Å². The molecule has 18 heavy (non-hydrogen) atoms. The summed E-state index contributed by atoms with van der Waals surface area (Å²) in [6.45, 7) is 0. The van der Waals surface area contributed by atoms with Crippen LogP contribution in [0.1, 0.15) is 10.5 Å². The number of nitrogens with one attached hydrogen (secondary N) is 2. The summed E-state index contributed by atoms with van der Waals surface area (Å²) < 4.78 is 10.1. The number of hydrogen-bond donors (Lipinski definition) is 2. The van der Waals surface area contributed by atoms with Crippen molar-refractivity contribution in [2.24, 2.45) is 0 Å². The maximum Gasteiger partial charge on any atom is 0.280 e. The fraction of sp³-hybridized carbons (Fsp3) is 0. The number of hydrogen-bond acceptors (Lipinski definition) is 7. The van der Waals surface area contributed by atoms with Crippen molar-refractivity contribution in [1.82, 2.24) is 25.8 Å². The molecule has 9 nitrogen and oxygen atoms in total. The number of tetrazole rings is 1. The smallest absolute Gasteiger partial charge is 0.280 e. The number of H-pyrrole nitrogens is 1. The van der Waals surface area contributed by atoms with E-state index in [1.807, 2.05) is 0 Å². The van der Waals surface area contributed by atoms with E-state index in [2.05, 4.69) is 31.1 Å². The van der Waals surface area contributed by atoms with E-state index >= 15 is 0 Å². The van der Waals surface area contributed by atoms with Crippen LogP contribution in [-0.4, -0.2) is 31.7 Å². The molecule has 0 aliphatic carbocycles. The summed E-state index contributed by atoms with van der Waals surface area (Å²) in [6.07, 6.45) is 1.50. The van der Waals surface area contributed by atoms with Crippen molar-refractivity contribution in [3.63, 3.8) is 0 Å². The van der Waals surface area contributed by atoms with Crippen LogP contribution < -0.4 is 5.32 Å². The Labute approximate surface area is 99.2 Å². The van der Waals surface area contributed by atoms with Crippen molar-refractivity contribution in [2.75, 3.05) is 5.32 Å². The zero-order valence-electron chi connectivity index (χ0n) is 8.82. The molecule has 3 aromatic rings. The van der Waals surface area contributed by atoms with Gasteiger partial charge in [0.1, 0.15) is 0 Å². The molecule has 90 valence electrons. The SMILES string of the molecule is O=C(Nc1nn[nH]n1)c1cc(-c2ccco2)on1. The van der Waals surface area contributed by atoms with E-state index in [0.717, 1.165) is 0 Å². The van der Waals surface area contributed by atoms with E-state index in [1.165, 1.54) is 12.3 Å². The molecule has 0 aliphatic heterocycles.